The summed E-state index contributed by atoms with van der Waals surface area (Å²) in [5.74, 6) is 0.734. The number of benzene rings is 2. The maximum absolute atomic E-state index is 12.8. The van der Waals surface area contributed by atoms with E-state index in [4.69, 9.17) is 4.74 Å². The Bertz CT molecular complexity index is 966. The molecule has 0 saturated heterocycles. The van der Waals surface area contributed by atoms with Gasteiger partial charge in [-0.05, 0) is 35.9 Å². The molecule has 144 valence electrons. The van der Waals surface area contributed by atoms with Gasteiger partial charge in [0.25, 0.3) is 0 Å². The van der Waals surface area contributed by atoms with E-state index >= 15 is 0 Å². The molecule has 3 rings (SSSR count). The zero-order valence-corrected chi connectivity index (χ0v) is 14.5. The molecule has 0 radical (unpaired) electrons. The third-order valence-electron chi connectivity index (χ3n) is 3.70. The topological polar surface area (TPSA) is 99.4 Å². The number of alkyl halides is 2. The molecule has 1 aromatic heterocycles. The van der Waals surface area contributed by atoms with Gasteiger partial charge in [-0.3, -0.25) is 10.1 Å². The molecule has 0 spiro atoms. The number of rotatable bonds is 7. The van der Waals surface area contributed by atoms with Crippen molar-refractivity contribution in [2.45, 2.75) is 6.61 Å². The van der Waals surface area contributed by atoms with E-state index in [9.17, 15) is 18.9 Å². The van der Waals surface area contributed by atoms with Crippen LogP contribution in [-0.2, 0) is 0 Å². The normalized spacial score (nSPS) is 10.6. The molecule has 0 saturated carbocycles. The first-order chi connectivity index (χ1) is 13.5. The number of aromatic nitrogens is 2. The average molecular weight is 388 g/mol. The molecule has 2 aromatic carbocycles. The lowest BCUT2D eigenvalue weighted by atomic mass is 10.0. The fourth-order valence-electron chi connectivity index (χ4n) is 2.41. The van der Waals surface area contributed by atoms with Crippen LogP contribution in [0.3, 0.4) is 0 Å². The molecule has 0 aliphatic carbocycles. The minimum absolute atomic E-state index is 0.00432. The smallest absolute Gasteiger partial charge is 0.387 e. The van der Waals surface area contributed by atoms with Crippen LogP contribution in [0.1, 0.15) is 0 Å². The van der Waals surface area contributed by atoms with Crippen LogP contribution in [-0.4, -0.2) is 28.6 Å². The predicted octanol–water partition coefficient (Wildman–Crippen LogP) is 4.41. The highest BCUT2D eigenvalue weighted by atomic mass is 19.3. The number of hydrogen-bond acceptors (Lipinski definition) is 7. The van der Waals surface area contributed by atoms with Gasteiger partial charge in [0.1, 0.15) is 23.9 Å². The van der Waals surface area contributed by atoms with Crippen LogP contribution in [0.25, 0.3) is 11.1 Å². The van der Waals surface area contributed by atoms with Crippen molar-refractivity contribution in [3.05, 3.63) is 65.0 Å². The first-order valence-corrected chi connectivity index (χ1v) is 7.93. The van der Waals surface area contributed by atoms with Gasteiger partial charge >= 0.3 is 12.3 Å². The lowest BCUT2D eigenvalue weighted by molar-refractivity contribution is -0.385. The first-order valence-electron chi connectivity index (χ1n) is 7.93. The quantitative estimate of drug-likeness (QED) is 0.473. The number of nitrogens with zero attached hydrogens (tertiary/aromatic N) is 3. The van der Waals surface area contributed by atoms with Gasteiger partial charge in [-0.2, -0.15) is 8.78 Å². The van der Waals surface area contributed by atoms with Gasteiger partial charge in [0, 0.05) is 11.3 Å². The summed E-state index contributed by atoms with van der Waals surface area (Å²) in [6.07, 6.45) is 2.13. The third kappa shape index (κ3) is 4.47. The van der Waals surface area contributed by atoms with Crippen LogP contribution in [0.5, 0.6) is 11.5 Å². The summed E-state index contributed by atoms with van der Waals surface area (Å²) >= 11 is 0. The third-order valence-corrected chi connectivity index (χ3v) is 3.70. The van der Waals surface area contributed by atoms with E-state index in [0.717, 1.165) is 12.4 Å². The molecule has 3 aromatic rings. The summed E-state index contributed by atoms with van der Waals surface area (Å²) < 4.78 is 35.2. The van der Waals surface area contributed by atoms with Crippen molar-refractivity contribution in [2.75, 3.05) is 12.4 Å². The Morgan fingerprint density at radius 1 is 1.11 bits per heavy atom. The molecule has 10 heteroatoms. The summed E-state index contributed by atoms with van der Waals surface area (Å²) in [4.78, 5) is 17.8. The number of ether oxygens (including phenoxy) is 2. The first kappa shape index (κ1) is 19.0. The highest BCUT2D eigenvalue weighted by Crippen LogP contribution is 2.35. The molecule has 0 unspecified atom stereocenters. The van der Waals surface area contributed by atoms with Crippen LogP contribution in [0.15, 0.2) is 54.9 Å². The van der Waals surface area contributed by atoms with E-state index in [1.54, 1.807) is 30.3 Å². The minimum Gasteiger partial charge on any atom is -0.497 e. The fraction of sp³-hybridized carbons (Fsp3) is 0.111. The number of methoxy groups -OCH3 is 1. The molecule has 28 heavy (non-hydrogen) atoms. The summed E-state index contributed by atoms with van der Waals surface area (Å²) in [6.45, 7) is -2.98. The van der Waals surface area contributed by atoms with E-state index in [0.29, 0.717) is 22.6 Å². The van der Waals surface area contributed by atoms with Crippen LogP contribution in [0.4, 0.5) is 26.1 Å². The largest absolute Gasteiger partial charge is 0.497 e. The molecular formula is C18H14F2N4O4. The van der Waals surface area contributed by atoms with E-state index < -0.39 is 11.5 Å². The highest BCUT2D eigenvalue weighted by molar-refractivity contribution is 5.76. The van der Waals surface area contributed by atoms with Crippen molar-refractivity contribution in [3.63, 3.8) is 0 Å². The van der Waals surface area contributed by atoms with E-state index in [2.05, 4.69) is 20.0 Å². The second kappa shape index (κ2) is 8.25. The van der Waals surface area contributed by atoms with Gasteiger partial charge in [-0.1, -0.05) is 12.1 Å². The van der Waals surface area contributed by atoms with Crippen molar-refractivity contribution in [3.8, 4) is 22.6 Å². The Morgan fingerprint density at radius 2 is 1.79 bits per heavy atom. The zero-order valence-electron chi connectivity index (χ0n) is 14.5. The van der Waals surface area contributed by atoms with Gasteiger partial charge in [0.2, 0.25) is 5.95 Å². The second-order valence-electron chi connectivity index (χ2n) is 5.46. The van der Waals surface area contributed by atoms with E-state index in [1.807, 2.05) is 0 Å². The van der Waals surface area contributed by atoms with Crippen molar-refractivity contribution in [2.24, 2.45) is 0 Å². The maximum Gasteiger partial charge on any atom is 0.387 e. The van der Waals surface area contributed by atoms with Gasteiger partial charge in [0.15, 0.2) is 0 Å². The van der Waals surface area contributed by atoms with Gasteiger partial charge in [-0.25, -0.2) is 9.97 Å². The average Bonchev–Trinajstić information content (AvgIpc) is 2.69. The van der Waals surface area contributed by atoms with E-state index in [1.165, 1.54) is 19.2 Å². The molecular weight excluding hydrogens is 374 g/mol. The van der Waals surface area contributed by atoms with Crippen molar-refractivity contribution < 1.29 is 23.2 Å². The summed E-state index contributed by atoms with van der Waals surface area (Å²) in [5, 5.41) is 13.5. The number of nitro groups is 1. The molecule has 8 nitrogen and oxygen atoms in total. The lowest BCUT2D eigenvalue weighted by Crippen LogP contribution is -2.04. The summed E-state index contributed by atoms with van der Waals surface area (Å²) in [6, 6.07) is 11.3. The van der Waals surface area contributed by atoms with Crippen LogP contribution < -0.4 is 14.8 Å². The molecule has 0 atom stereocenters. The number of nitrogens with one attached hydrogen (secondary N) is 1. The molecule has 0 fully saturated rings. The number of hydrogen-bond donors (Lipinski definition) is 1. The van der Waals surface area contributed by atoms with Gasteiger partial charge in [0.05, 0.1) is 12.0 Å². The molecule has 0 bridgehead atoms. The van der Waals surface area contributed by atoms with Crippen LogP contribution in [0, 0.1) is 10.1 Å². The minimum atomic E-state index is -2.98. The lowest BCUT2D eigenvalue weighted by Gasteiger charge is -2.14. The molecule has 1 heterocycles. The summed E-state index contributed by atoms with van der Waals surface area (Å²) in [7, 11) is 1.52. The Morgan fingerprint density at radius 3 is 2.36 bits per heavy atom. The van der Waals surface area contributed by atoms with Crippen molar-refractivity contribution in [1.29, 1.82) is 0 Å². The second-order valence-corrected chi connectivity index (χ2v) is 5.46. The van der Waals surface area contributed by atoms with Gasteiger partial charge < -0.3 is 14.8 Å². The molecule has 0 aliphatic rings. The Hall–Kier alpha value is -3.82. The number of halogens is 2. The van der Waals surface area contributed by atoms with Crippen LogP contribution in [0.2, 0.25) is 0 Å². The van der Waals surface area contributed by atoms with Crippen molar-refractivity contribution in [1.82, 2.24) is 9.97 Å². The van der Waals surface area contributed by atoms with E-state index in [-0.39, 0.29) is 17.4 Å². The van der Waals surface area contributed by atoms with Gasteiger partial charge in [-0.15, -0.1) is 0 Å². The van der Waals surface area contributed by atoms with Crippen LogP contribution >= 0.6 is 0 Å². The molecule has 0 aliphatic heterocycles. The Labute approximate surface area is 157 Å². The van der Waals surface area contributed by atoms with Crippen molar-refractivity contribution >= 4 is 17.3 Å². The fourth-order valence-corrected chi connectivity index (χ4v) is 2.41. The Kier molecular flexibility index (Phi) is 5.58. The monoisotopic (exact) mass is 388 g/mol. The highest BCUT2D eigenvalue weighted by Gasteiger charge is 2.13. The molecule has 0 amide bonds. The maximum atomic E-state index is 12.8. The SMILES string of the molecule is COc1ccc(-c2cc(Nc3ncc([N+](=O)[O-])cn3)ccc2OC(F)F)cc1. The Balaban J connectivity index is 1.93. The predicted molar refractivity (Wildman–Crippen MR) is 97.0 cm³/mol. The molecule has 1 N–H and O–H groups in total. The standard InChI is InChI=1S/C18H14F2N4O4/c1-27-14-5-2-11(3-6-14)15-8-12(4-7-16(15)28-17(19)20)23-18-21-9-13(10-22-18)24(25)26/h2-10,17H,1H3,(H,21,22,23). The summed E-state index contributed by atoms with van der Waals surface area (Å²) in [5.41, 5.74) is 1.28. The number of anilines is 2. The zero-order chi connectivity index (χ0) is 20.1.